The third kappa shape index (κ3) is 5.57. The van der Waals surface area contributed by atoms with Gasteiger partial charge in [-0.2, -0.15) is 0 Å². The Balaban J connectivity index is 1.61. The number of nitrogens with one attached hydrogen (secondary N) is 1. The van der Waals surface area contributed by atoms with Gasteiger partial charge in [0, 0.05) is 37.4 Å². The molecular weight excluding hydrogens is 388 g/mol. The van der Waals surface area contributed by atoms with E-state index in [0.29, 0.717) is 6.42 Å². The summed E-state index contributed by atoms with van der Waals surface area (Å²) in [6, 6.07) is 6.07. The van der Waals surface area contributed by atoms with Crippen LogP contribution >= 0.6 is 0 Å². The molecule has 1 N–H and O–H groups in total. The predicted molar refractivity (Wildman–Crippen MR) is 128 cm³/mol. The lowest BCUT2D eigenvalue weighted by Crippen LogP contribution is -2.30. The minimum atomic E-state index is -0.437. The van der Waals surface area contributed by atoms with Crippen molar-refractivity contribution in [1.82, 2.24) is 9.55 Å². The van der Waals surface area contributed by atoms with Gasteiger partial charge in [-0.25, -0.2) is 9.78 Å². The molecule has 1 aliphatic rings. The summed E-state index contributed by atoms with van der Waals surface area (Å²) < 4.78 is 7.67. The van der Waals surface area contributed by atoms with E-state index in [9.17, 15) is 4.79 Å². The van der Waals surface area contributed by atoms with Gasteiger partial charge in [-0.3, -0.25) is 5.32 Å². The molecule has 0 atom stereocenters. The van der Waals surface area contributed by atoms with Gasteiger partial charge in [0.05, 0.1) is 10.7 Å². The van der Waals surface area contributed by atoms with Crippen LogP contribution in [0.3, 0.4) is 0 Å². The van der Waals surface area contributed by atoms with E-state index in [1.54, 1.807) is 0 Å². The molecule has 31 heavy (non-hydrogen) atoms. The van der Waals surface area contributed by atoms with Crippen molar-refractivity contribution in [3.05, 3.63) is 52.4 Å². The predicted octanol–water partition coefficient (Wildman–Crippen LogP) is 3.76. The summed E-state index contributed by atoms with van der Waals surface area (Å²) >= 11 is 0. The summed E-state index contributed by atoms with van der Waals surface area (Å²) in [4.78, 5) is 19.4. The van der Waals surface area contributed by atoms with Crippen LogP contribution < -0.4 is 20.9 Å². The number of nitrogens with zero attached hydrogens (tertiary/aromatic N) is 3. The van der Waals surface area contributed by atoms with Crippen LogP contribution in [0.2, 0.25) is 0 Å². The number of aryl methyl sites for hydroxylation is 1. The van der Waals surface area contributed by atoms with E-state index in [1.165, 1.54) is 0 Å². The Bertz CT molecular complexity index is 1050. The highest BCUT2D eigenvalue weighted by Gasteiger charge is 2.11. The summed E-state index contributed by atoms with van der Waals surface area (Å²) in [5.41, 5.74) is 2.95. The summed E-state index contributed by atoms with van der Waals surface area (Å²) in [5.74, 6) is 0.947. The molecule has 0 bridgehead atoms. The zero-order valence-corrected chi connectivity index (χ0v) is 19.1. The quantitative estimate of drug-likeness (QED) is 0.704. The van der Waals surface area contributed by atoms with E-state index in [0.717, 1.165) is 65.9 Å². The molecule has 0 spiro atoms. The number of imidazole rings is 1. The van der Waals surface area contributed by atoms with Crippen molar-refractivity contribution in [3.63, 3.8) is 0 Å². The monoisotopic (exact) mass is 422 g/mol. The van der Waals surface area contributed by atoms with Crippen LogP contribution in [0.15, 0.2) is 30.4 Å². The number of rotatable bonds is 8. The molecule has 1 aromatic carbocycles. The average molecular weight is 423 g/mol. The normalized spacial score (nSPS) is 16.0. The number of hydrogen-bond acceptors (Lipinski definition) is 4. The molecule has 0 radical (unpaired) electrons. The lowest BCUT2D eigenvalue weighted by molar-refractivity contribution is 0.162. The van der Waals surface area contributed by atoms with E-state index in [2.05, 4.69) is 65.9 Å². The zero-order chi connectivity index (χ0) is 22.2. The van der Waals surface area contributed by atoms with Gasteiger partial charge in [-0.05, 0) is 70.4 Å². The van der Waals surface area contributed by atoms with E-state index in [4.69, 9.17) is 9.72 Å². The van der Waals surface area contributed by atoms with Gasteiger partial charge in [0.1, 0.15) is 12.4 Å². The second kappa shape index (κ2) is 10.8. The first-order chi connectivity index (χ1) is 15.1. The molecule has 1 aliphatic carbocycles. The van der Waals surface area contributed by atoms with Crippen LogP contribution in [0.25, 0.3) is 12.2 Å². The first-order valence-electron chi connectivity index (χ1n) is 11.3. The molecule has 0 saturated carbocycles. The number of ether oxygens (including phenoxy) is 1. The van der Waals surface area contributed by atoms with Crippen LogP contribution in [-0.4, -0.2) is 35.3 Å². The molecule has 0 fully saturated rings. The van der Waals surface area contributed by atoms with Crippen molar-refractivity contribution in [2.24, 2.45) is 0 Å². The lowest BCUT2D eigenvalue weighted by atomic mass is 10.1. The fourth-order valence-electron chi connectivity index (χ4n) is 3.94. The van der Waals surface area contributed by atoms with Crippen LogP contribution in [0.1, 0.15) is 45.0 Å². The lowest BCUT2D eigenvalue weighted by Gasteiger charge is -2.22. The van der Waals surface area contributed by atoms with Crippen molar-refractivity contribution in [1.29, 1.82) is 0 Å². The molecule has 0 unspecified atom stereocenters. The van der Waals surface area contributed by atoms with Gasteiger partial charge in [-0.15, -0.1) is 0 Å². The van der Waals surface area contributed by atoms with Crippen molar-refractivity contribution in [3.8, 4) is 0 Å². The highest BCUT2D eigenvalue weighted by molar-refractivity contribution is 5.86. The molecule has 2 aromatic rings. The standard InChI is InChI=1S/C25H34N4O2/c1-5-28(6-2)20-14-15-21(19(4)18-20)27-25(30)31-17-16-24-26-22-12-10-8-9-11-13-23(22)29(24)7-3/h8,10,12-15,18H,5-7,9,11,16-17H2,1-4H3,(H,27,30)/b10-8+,22-12+,23-13+. The molecular formula is C25H34N4O2. The van der Waals surface area contributed by atoms with Gasteiger partial charge in [0.25, 0.3) is 0 Å². The maximum Gasteiger partial charge on any atom is 0.411 e. The van der Waals surface area contributed by atoms with E-state index in [1.807, 2.05) is 19.1 Å². The fraction of sp³-hybridized carbons (Fsp3) is 0.440. The number of amides is 1. The number of carbonyl (C=O) groups is 1. The molecule has 1 amide bonds. The Kier molecular flexibility index (Phi) is 7.93. The van der Waals surface area contributed by atoms with E-state index in [-0.39, 0.29) is 6.61 Å². The van der Waals surface area contributed by atoms with Gasteiger partial charge < -0.3 is 14.2 Å². The van der Waals surface area contributed by atoms with Crippen LogP contribution in [0, 0.1) is 6.92 Å². The number of hydrogen-bond donors (Lipinski definition) is 1. The summed E-state index contributed by atoms with van der Waals surface area (Å²) in [5, 5.41) is 5.01. The second-order valence-electron chi connectivity index (χ2n) is 7.60. The molecule has 3 rings (SSSR count). The van der Waals surface area contributed by atoms with Crippen LogP contribution in [-0.2, 0) is 17.7 Å². The SMILES string of the molecule is CCN(CC)c1ccc(NC(=O)OCCc2nc3/c(n2CC)=C\CC\C=C\C=3)c(C)c1. The van der Waals surface area contributed by atoms with Crippen molar-refractivity contribution >= 4 is 29.6 Å². The number of allylic oxidation sites excluding steroid dienone is 2. The van der Waals surface area contributed by atoms with Crippen LogP contribution in [0.5, 0.6) is 0 Å². The number of benzene rings is 1. The number of aromatic nitrogens is 2. The first kappa shape index (κ1) is 22.7. The number of anilines is 2. The Hall–Kier alpha value is -3.02. The Morgan fingerprint density at radius 2 is 2.03 bits per heavy atom. The number of fused-ring (bicyclic) bond motifs is 1. The summed E-state index contributed by atoms with van der Waals surface area (Å²) in [6.45, 7) is 11.4. The fourth-order valence-corrected chi connectivity index (χ4v) is 3.94. The van der Waals surface area contributed by atoms with E-state index >= 15 is 0 Å². The topological polar surface area (TPSA) is 59.4 Å². The zero-order valence-electron chi connectivity index (χ0n) is 19.1. The first-order valence-corrected chi connectivity index (χ1v) is 11.3. The Morgan fingerprint density at radius 3 is 2.74 bits per heavy atom. The second-order valence-corrected chi connectivity index (χ2v) is 7.60. The largest absolute Gasteiger partial charge is 0.449 e. The minimum absolute atomic E-state index is 0.286. The van der Waals surface area contributed by atoms with Crippen molar-refractivity contribution < 1.29 is 9.53 Å². The van der Waals surface area contributed by atoms with Gasteiger partial charge >= 0.3 is 6.09 Å². The van der Waals surface area contributed by atoms with Gasteiger partial charge in [0.15, 0.2) is 0 Å². The highest BCUT2D eigenvalue weighted by atomic mass is 16.5. The maximum absolute atomic E-state index is 12.3. The molecule has 0 saturated heterocycles. The molecule has 166 valence electrons. The third-order valence-corrected chi connectivity index (χ3v) is 5.63. The van der Waals surface area contributed by atoms with Gasteiger partial charge in [-0.1, -0.05) is 18.2 Å². The Labute approximate surface area is 184 Å². The summed E-state index contributed by atoms with van der Waals surface area (Å²) in [6.07, 6.45) is 10.7. The summed E-state index contributed by atoms with van der Waals surface area (Å²) in [7, 11) is 0. The third-order valence-electron chi connectivity index (χ3n) is 5.63. The molecule has 1 heterocycles. The molecule has 1 aromatic heterocycles. The van der Waals surface area contributed by atoms with E-state index < -0.39 is 6.09 Å². The highest BCUT2D eigenvalue weighted by Crippen LogP contribution is 2.22. The Morgan fingerprint density at radius 1 is 1.23 bits per heavy atom. The van der Waals surface area contributed by atoms with Crippen molar-refractivity contribution in [2.75, 3.05) is 29.9 Å². The minimum Gasteiger partial charge on any atom is -0.449 e. The maximum atomic E-state index is 12.3. The molecule has 0 aliphatic heterocycles. The molecule has 6 heteroatoms. The molecule has 6 nitrogen and oxygen atoms in total. The van der Waals surface area contributed by atoms with Gasteiger partial charge in [0.2, 0.25) is 0 Å². The van der Waals surface area contributed by atoms with Crippen LogP contribution in [0.4, 0.5) is 16.2 Å². The number of carbonyl (C=O) groups excluding carboxylic acids is 1. The average Bonchev–Trinajstić information content (AvgIpc) is 3.06. The van der Waals surface area contributed by atoms with Crippen molar-refractivity contribution in [2.45, 2.75) is 53.5 Å². The smallest absolute Gasteiger partial charge is 0.411 e.